The zero-order chi connectivity index (χ0) is 24.9. The van der Waals surface area contributed by atoms with Crippen LogP contribution in [0.4, 0.5) is 5.82 Å². The van der Waals surface area contributed by atoms with Gasteiger partial charge in [0, 0.05) is 13.2 Å². The summed E-state index contributed by atoms with van der Waals surface area (Å²) in [5.41, 5.74) is 11.1. The number of nitrogens with two attached hydrogens (primary N) is 1. The molecule has 3 N–H and O–H groups in total. The first-order valence-electron chi connectivity index (χ1n) is 12.0. The number of para-hydroxylation sites is 2. The van der Waals surface area contributed by atoms with Crippen LogP contribution < -0.4 is 11.1 Å². The molecule has 4 rings (SSSR count). The van der Waals surface area contributed by atoms with Crippen molar-refractivity contribution in [2.24, 2.45) is 5.10 Å². The van der Waals surface area contributed by atoms with Gasteiger partial charge in [0.2, 0.25) is 0 Å². The quantitative estimate of drug-likeness (QED) is 0.271. The largest absolute Gasteiger partial charge is 0.383 e. The molecule has 0 atom stereocenters. The van der Waals surface area contributed by atoms with Crippen LogP contribution in [0.1, 0.15) is 61.5 Å². The Bertz CT molecular complexity index is 1360. The van der Waals surface area contributed by atoms with Crippen molar-refractivity contribution in [1.29, 1.82) is 0 Å². The van der Waals surface area contributed by atoms with E-state index in [4.69, 9.17) is 20.4 Å². The Morgan fingerprint density at radius 1 is 1.09 bits per heavy atom. The maximum absolute atomic E-state index is 13.1. The number of carbonyl (C=O) groups is 1. The molecule has 182 valence electrons. The monoisotopic (exact) mass is 472 g/mol. The molecule has 0 saturated heterocycles. The highest BCUT2D eigenvalue weighted by atomic mass is 16.5. The third-order valence-corrected chi connectivity index (χ3v) is 5.68. The van der Waals surface area contributed by atoms with Gasteiger partial charge in [-0.2, -0.15) is 9.78 Å². The fraction of sp³-hybridized carbons (Fsp3) is 0.333. The number of carbonyl (C=O) groups excluding carboxylic acids is 1. The predicted molar refractivity (Wildman–Crippen MR) is 141 cm³/mol. The predicted octanol–water partition coefficient (Wildman–Crippen LogP) is 4.72. The number of anilines is 1. The molecule has 0 unspecified atom stereocenters. The second-order valence-corrected chi connectivity index (χ2v) is 9.05. The molecule has 8 nitrogen and oxygen atoms in total. The third kappa shape index (κ3) is 5.49. The molecule has 2 aromatic heterocycles. The molecule has 0 radical (unpaired) electrons. The van der Waals surface area contributed by atoms with Gasteiger partial charge in [0.25, 0.3) is 5.91 Å². The molecule has 1 amide bonds. The molecule has 2 heterocycles. The van der Waals surface area contributed by atoms with E-state index in [0.29, 0.717) is 47.7 Å². The molecule has 8 heteroatoms. The summed E-state index contributed by atoms with van der Waals surface area (Å²) in [5, 5.41) is 7.51. The highest BCUT2D eigenvalue weighted by molar-refractivity contribution is 6.10. The second kappa shape index (κ2) is 10.7. The zero-order valence-electron chi connectivity index (χ0n) is 20.7. The number of aromatic nitrogens is 3. The summed E-state index contributed by atoms with van der Waals surface area (Å²) >= 11 is 0. The smallest absolute Gasteiger partial charge is 0.257 e. The number of benzene rings is 2. The minimum atomic E-state index is -0.308. The average molecular weight is 473 g/mol. The van der Waals surface area contributed by atoms with Crippen LogP contribution >= 0.6 is 0 Å². The number of rotatable bonds is 9. The highest BCUT2D eigenvalue weighted by Crippen LogP contribution is 2.28. The fourth-order valence-corrected chi connectivity index (χ4v) is 3.76. The van der Waals surface area contributed by atoms with E-state index in [1.165, 1.54) is 10.2 Å². The number of fused-ring (bicyclic) bond motifs is 2. The Morgan fingerprint density at radius 3 is 2.43 bits per heavy atom. The molecule has 0 saturated carbocycles. The van der Waals surface area contributed by atoms with Crippen molar-refractivity contribution in [1.82, 2.24) is 20.0 Å². The van der Waals surface area contributed by atoms with E-state index in [0.717, 1.165) is 5.56 Å². The van der Waals surface area contributed by atoms with E-state index in [2.05, 4.69) is 36.4 Å². The molecule has 0 fully saturated rings. The molecular weight excluding hydrogens is 440 g/mol. The average Bonchev–Trinajstić information content (AvgIpc) is 3.11. The van der Waals surface area contributed by atoms with Crippen molar-refractivity contribution < 1.29 is 9.53 Å². The number of hydrogen-bond donors (Lipinski definition) is 2. The van der Waals surface area contributed by atoms with Gasteiger partial charge in [-0.1, -0.05) is 50.2 Å². The summed E-state index contributed by atoms with van der Waals surface area (Å²) < 4.78 is 7.04. The van der Waals surface area contributed by atoms with Crippen molar-refractivity contribution in [3.63, 3.8) is 0 Å². The Hall–Kier alpha value is -3.78. The van der Waals surface area contributed by atoms with Crippen LogP contribution in [0.15, 0.2) is 53.6 Å². The number of hydrogen-bond acceptors (Lipinski definition) is 6. The summed E-state index contributed by atoms with van der Waals surface area (Å²) in [4.78, 5) is 22.6. The number of nitrogen functional groups attached to an aromatic ring is 1. The van der Waals surface area contributed by atoms with E-state index < -0.39 is 0 Å². The first-order valence-corrected chi connectivity index (χ1v) is 12.0. The lowest BCUT2D eigenvalue weighted by atomic mass is 10.0. The molecule has 0 aliphatic heterocycles. The van der Waals surface area contributed by atoms with Gasteiger partial charge in [-0.3, -0.25) is 4.79 Å². The van der Waals surface area contributed by atoms with Crippen LogP contribution in [0.5, 0.6) is 0 Å². The van der Waals surface area contributed by atoms with Gasteiger partial charge in [0.05, 0.1) is 23.4 Å². The fourth-order valence-electron chi connectivity index (χ4n) is 3.76. The maximum Gasteiger partial charge on any atom is 0.257 e. The molecular formula is C27H32N6O2. The summed E-state index contributed by atoms with van der Waals surface area (Å²) in [7, 11) is 0. The normalized spacial score (nSPS) is 11.9. The first-order chi connectivity index (χ1) is 16.8. The molecule has 35 heavy (non-hydrogen) atoms. The Balaban J connectivity index is 1.69. The maximum atomic E-state index is 13.1. The lowest BCUT2D eigenvalue weighted by Crippen LogP contribution is -2.26. The van der Waals surface area contributed by atoms with Crippen LogP contribution in [-0.4, -0.2) is 46.0 Å². The standard InChI is InChI=1S/C27H32N6O2/c1-17(2)20-12-10-19(11-13-20)16-30-33-25(28)23(27(34)29-14-7-15-35-18(3)4)24-26(33)32-22-9-6-5-8-21(22)31-24/h5-6,8-13,16-18H,7,14-15,28H2,1-4H3,(H,29,34)/b30-16+. The number of nitrogens with zero attached hydrogens (tertiary/aromatic N) is 4. The van der Waals surface area contributed by atoms with Crippen LogP contribution in [0.3, 0.4) is 0 Å². The topological polar surface area (TPSA) is 107 Å². The summed E-state index contributed by atoms with van der Waals surface area (Å²) in [6.45, 7) is 9.31. The highest BCUT2D eigenvalue weighted by Gasteiger charge is 2.23. The number of amides is 1. The van der Waals surface area contributed by atoms with Gasteiger partial charge in [0.1, 0.15) is 16.9 Å². The van der Waals surface area contributed by atoms with E-state index in [1.54, 1.807) is 6.21 Å². The van der Waals surface area contributed by atoms with Gasteiger partial charge in [-0.05, 0) is 49.4 Å². The molecule has 0 aliphatic carbocycles. The van der Waals surface area contributed by atoms with Gasteiger partial charge in [0.15, 0.2) is 5.65 Å². The third-order valence-electron chi connectivity index (χ3n) is 5.68. The van der Waals surface area contributed by atoms with Gasteiger partial charge in [-0.15, -0.1) is 0 Å². The number of ether oxygens (including phenoxy) is 1. The van der Waals surface area contributed by atoms with Crippen molar-refractivity contribution >= 4 is 40.1 Å². The molecule has 0 spiro atoms. The van der Waals surface area contributed by atoms with E-state index in [-0.39, 0.29) is 23.4 Å². The van der Waals surface area contributed by atoms with Gasteiger partial charge >= 0.3 is 0 Å². The van der Waals surface area contributed by atoms with Crippen molar-refractivity contribution in [3.05, 3.63) is 65.2 Å². The lowest BCUT2D eigenvalue weighted by molar-refractivity contribution is 0.0757. The van der Waals surface area contributed by atoms with Crippen LogP contribution in [0.25, 0.3) is 22.2 Å². The molecule has 2 aromatic carbocycles. The second-order valence-electron chi connectivity index (χ2n) is 9.05. The minimum absolute atomic E-state index is 0.155. The first kappa shape index (κ1) is 24.3. The van der Waals surface area contributed by atoms with E-state index >= 15 is 0 Å². The molecule has 4 aromatic rings. The zero-order valence-corrected chi connectivity index (χ0v) is 20.7. The summed E-state index contributed by atoms with van der Waals surface area (Å²) in [5.74, 6) is 0.338. The van der Waals surface area contributed by atoms with E-state index in [9.17, 15) is 4.79 Å². The van der Waals surface area contributed by atoms with Gasteiger partial charge in [-0.25, -0.2) is 9.97 Å². The van der Waals surface area contributed by atoms with E-state index in [1.807, 2.05) is 50.2 Å². The van der Waals surface area contributed by atoms with Crippen molar-refractivity contribution in [2.75, 3.05) is 18.9 Å². The Labute approximate surface area is 205 Å². The number of nitrogens with one attached hydrogen (secondary N) is 1. The summed E-state index contributed by atoms with van der Waals surface area (Å²) in [6.07, 6.45) is 2.56. The van der Waals surface area contributed by atoms with Crippen LogP contribution in [-0.2, 0) is 4.74 Å². The van der Waals surface area contributed by atoms with Gasteiger partial charge < -0.3 is 15.8 Å². The van der Waals surface area contributed by atoms with Crippen molar-refractivity contribution in [3.8, 4) is 0 Å². The Morgan fingerprint density at radius 2 is 1.77 bits per heavy atom. The summed E-state index contributed by atoms with van der Waals surface area (Å²) in [6, 6.07) is 15.7. The molecule has 0 aliphatic rings. The van der Waals surface area contributed by atoms with Crippen molar-refractivity contribution in [2.45, 2.75) is 46.1 Å². The van der Waals surface area contributed by atoms with Crippen LogP contribution in [0.2, 0.25) is 0 Å². The SMILES string of the molecule is CC(C)OCCCNC(=O)c1c(N)n(/N=C/c2ccc(C(C)C)cc2)c2nc3ccccc3nc12. The minimum Gasteiger partial charge on any atom is -0.383 e. The van der Waals surface area contributed by atoms with Crippen LogP contribution in [0, 0.1) is 0 Å². The Kier molecular flexibility index (Phi) is 7.41. The molecule has 0 bridgehead atoms. The lowest BCUT2D eigenvalue weighted by Gasteiger charge is -2.08.